The summed E-state index contributed by atoms with van der Waals surface area (Å²) < 4.78 is 13.3. The Balaban J connectivity index is 2.39. The Morgan fingerprint density at radius 1 is 1.33 bits per heavy atom. The van der Waals surface area contributed by atoms with Crippen LogP contribution in [0.25, 0.3) is 16.5 Å². The predicted octanol–water partition coefficient (Wildman–Crippen LogP) is 2.95. The lowest BCUT2D eigenvalue weighted by molar-refractivity contribution is -0.171. The van der Waals surface area contributed by atoms with Crippen molar-refractivity contribution in [2.24, 2.45) is 0 Å². The van der Waals surface area contributed by atoms with Crippen LogP contribution in [0.5, 0.6) is 5.88 Å². The van der Waals surface area contributed by atoms with Gasteiger partial charge in [0.25, 0.3) is 5.88 Å². The molecule has 1 aromatic heterocycles. The second kappa shape index (κ2) is 3.60. The van der Waals surface area contributed by atoms with Gasteiger partial charge in [-0.2, -0.15) is 0 Å². The summed E-state index contributed by atoms with van der Waals surface area (Å²) in [5.74, 6) is 0.185. The highest BCUT2D eigenvalue weighted by Crippen LogP contribution is 2.39. The number of hydrogen-bond acceptors (Lipinski definition) is 3. The molecule has 2 aromatic rings. The molecule has 0 spiro atoms. The molecule has 0 saturated carbocycles. The smallest absolute Gasteiger partial charge is 0.257 e. The lowest BCUT2D eigenvalue weighted by Gasteiger charge is -2.16. The van der Waals surface area contributed by atoms with Crippen LogP contribution >= 0.6 is 0 Å². The Morgan fingerprint density at radius 3 is 2.83 bits per heavy atom. The number of benzene rings is 1. The van der Waals surface area contributed by atoms with Crippen molar-refractivity contribution in [1.82, 2.24) is 4.98 Å². The molecular weight excluding hydrogens is 237 g/mol. The number of carbonyl (C=O) groups is 1. The van der Waals surface area contributed by atoms with Crippen LogP contribution in [0.1, 0.15) is 19.4 Å². The second-order valence-electron chi connectivity index (χ2n) is 4.17. The van der Waals surface area contributed by atoms with Gasteiger partial charge in [0.2, 0.25) is 0 Å². The first kappa shape index (κ1) is 10.8. The fraction of sp³-hybridized carbons (Fsp3) is 0.154. The molecule has 0 unspecified atom stereocenters. The molecule has 0 atom stereocenters. The van der Waals surface area contributed by atoms with Crippen LogP contribution in [-0.4, -0.2) is 10.8 Å². The van der Waals surface area contributed by atoms with Crippen LogP contribution in [0.15, 0.2) is 24.0 Å². The average Bonchev–Trinajstić information content (AvgIpc) is 2.66. The van der Waals surface area contributed by atoms with Crippen LogP contribution in [0.2, 0.25) is 0 Å². The highest BCUT2D eigenvalue weighted by molar-refractivity contribution is 6.24. The summed E-state index contributed by atoms with van der Waals surface area (Å²) in [5.41, 5.74) is 1.66. The third-order valence-electron chi connectivity index (χ3n) is 2.93. The predicted molar refractivity (Wildman–Crippen MR) is 63.2 cm³/mol. The third kappa shape index (κ3) is 1.40. The van der Waals surface area contributed by atoms with Crippen LogP contribution in [0.4, 0.5) is 4.39 Å². The van der Waals surface area contributed by atoms with E-state index < -0.39 is 0 Å². The summed E-state index contributed by atoms with van der Waals surface area (Å²) in [6.45, 7) is 3.08. The van der Waals surface area contributed by atoms with Gasteiger partial charge in [0, 0.05) is 10.9 Å². The van der Waals surface area contributed by atoms with Gasteiger partial charge in [0.1, 0.15) is 5.82 Å². The number of fused-ring (bicyclic) bond motifs is 3. The van der Waals surface area contributed by atoms with E-state index in [1.54, 1.807) is 13.0 Å². The molecule has 3 rings (SSSR count). The molecule has 1 aromatic carbocycles. The zero-order chi connectivity index (χ0) is 12.9. The number of allylic oxidation sites excluding steroid dienone is 2. The molecule has 2 heterocycles. The topological polar surface area (TPSA) is 51.3 Å². The largest absolute Gasteiger partial charge is 0.321 e. The molecule has 0 amide bonds. The Hall–Kier alpha value is -2.30. The van der Waals surface area contributed by atoms with Crippen molar-refractivity contribution in [3.8, 4) is 5.88 Å². The van der Waals surface area contributed by atoms with Crippen molar-refractivity contribution in [3.63, 3.8) is 0 Å². The summed E-state index contributed by atoms with van der Waals surface area (Å²) in [5, 5.41) is 0.609. The molecule has 92 valence electrons. The van der Waals surface area contributed by atoms with E-state index in [0.29, 0.717) is 33.7 Å². The highest BCUT2D eigenvalue weighted by Gasteiger charge is 2.28. The molecule has 1 aliphatic rings. The van der Waals surface area contributed by atoms with Crippen molar-refractivity contribution in [2.75, 3.05) is 0 Å². The molecule has 1 N–H and O–H groups in total. The maximum atomic E-state index is 13.3. The fourth-order valence-corrected chi connectivity index (χ4v) is 2.20. The van der Waals surface area contributed by atoms with E-state index >= 15 is 0 Å². The van der Waals surface area contributed by atoms with Gasteiger partial charge < -0.3 is 4.98 Å². The van der Waals surface area contributed by atoms with Gasteiger partial charge in [-0.15, -0.1) is 0 Å². The van der Waals surface area contributed by atoms with E-state index in [1.165, 1.54) is 19.1 Å². The lowest BCUT2D eigenvalue weighted by atomic mass is 10.00. The van der Waals surface area contributed by atoms with E-state index in [2.05, 4.69) is 4.98 Å². The number of Topliss-reactive ketones (excluding diaryl/α,β-unsaturated/α-hetero) is 1. The van der Waals surface area contributed by atoms with Crippen molar-refractivity contribution in [2.45, 2.75) is 13.8 Å². The monoisotopic (exact) mass is 247 g/mol. The molecule has 1 aliphatic heterocycles. The number of nitrogens with one attached hydrogen (secondary N) is 1. The van der Waals surface area contributed by atoms with Crippen LogP contribution in [-0.2, 0) is 9.68 Å². The number of carbonyl (C=O) groups excluding carboxylic acids is 1. The maximum absolute atomic E-state index is 13.3. The molecule has 4 nitrogen and oxygen atoms in total. The minimum absolute atomic E-state index is 0.151. The average molecular weight is 247 g/mol. The third-order valence-corrected chi connectivity index (χ3v) is 2.93. The Labute approximate surface area is 102 Å². The van der Waals surface area contributed by atoms with E-state index in [9.17, 15) is 9.18 Å². The molecule has 18 heavy (non-hydrogen) atoms. The second-order valence-corrected chi connectivity index (χ2v) is 4.17. The number of hydrogen-bond donors (Lipinski definition) is 1. The van der Waals surface area contributed by atoms with Gasteiger partial charge in [-0.3, -0.25) is 14.6 Å². The van der Waals surface area contributed by atoms with E-state index in [0.717, 1.165) is 0 Å². The summed E-state index contributed by atoms with van der Waals surface area (Å²) in [7, 11) is 0. The number of aromatic nitrogens is 1. The number of halogens is 1. The first-order chi connectivity index (χ1) is 8.58. The first-order valence-electron chi connectivity index (χ1n) is 5.46. The lowest BCUT2D eigenvalue weighted by Crippen LogP contribution is -2.10. The number of rotatable bonds is 1. The van der Waals surface area contributed by atoms with Gasteiger partial charge >= 0.3 is 0 Å². The first-order valence-corrected chi connectivity index (χ1v) is 5.46. The molecule has 0 radical (unpaired) electrons. The molecule has 0 bridgehead atoms. The fourth-order valence-electron chi connectivity index (χ4n) is 2.20. The van der Waals surface area contributed by atoms with Crippen LogP contribution < -0.4 is 4.89 Å². The van der Waals surface area contributed by atoms with Crippen LogP contribution in [0, 0.1) is 5.82 Å². The van der Waals surface area contributed by atoms with E-state index in [-0.39, 0.29) is 11.6 Å². The molecule has 0 saturated heterocycles. The quantitative estimate of drug-likeness (QED) is 0.788. The van der Waals surface area contributed by atoms with E-state index in [4.69, 9.17) is 9.78 Å². The normalized spacial score (nSPS) is 14.2. The summed E-state index contributed by atoms with van der Waals surface area (Å²) >= 11 is 0. The zero-order valence-corrected chi connectivity index (χ0v) is 9.83. The summed E-state index contributed by atoms with van der Waals surface area (Å²) in [6.07, 6.45) is 0. The summed E-state index contributed by atoms with van der Waals surface area (Å²) in [4.78, 5) is 24.7. The number of aromatic amines is 1. The summed E-state index contributed by atoms with van der Waals surface area (Å²) in [6, 6.07) is 4.31. The van der Waals surface area contributed by atoms with Crippen molar-refractivity contribution in [3.05, 3.63) is 35.3 Å². The van der Waals surface area contributed by atoms with Crippen molar-refractivity contribution in [1.29, 1.82) is 0 Å². The number of H-pyrrole nitrogens is 1. The minimum Gasteiger partial charge on any atom is -0.321 e. The zero-order valence-electron chi connectivity index (χ0n) is 9.83. The number of ketones is 1. The SMILES string of the molecule is CC(=O)C1=C(C)OOc2[nH]c3ccc(F)cc3c21. The minimum atomic E-state index is -0.364. The Bertz CT molecular complexity index is 700. The Morgan fingerprint density at radius 2 is 2.11 bits per heavy atom. The van der Waals surface area contributed by atoms with Gasteiger partial charge in [-0.25, -0.2) is 4.39 Å². The van der Waals surface area contributed by atoms with Gasteiger partial charge in [0.15, 0.2) is 11.5 Å². The Kier molecular flexibility index (Phi) is 2.16. The van der Waals surface area contributed by atoms with Crippen LogP contribution in [0.3, 0.4) is 0 Å². The van der Waals surface area contributed by atoms with Crippen molar-refractivity contribution < 1.29 is 19.0 Å². The molecular formula is C13H10FNO3. The molecule has 0 aliphatic carbocycles. The molecule has 0 fully saturated rings. The van der Waals surface area contributed by atoms with Gasteiger partial charge in [-0.1, -0.05) is 0 Å². The van der Waals surface area contributed by atoms with Gasteiger partial charge in [0.05, 0.1) is 11.1 Å². The maximum Gasteiger partial charge on any atom is 0.257 e. The van der Waals surface area contributed by atoms with E-state index in [1.807, 2.05) is 0 Å². The van der Waals surface area contributed by atoms with Gasteiger partial charge in [-0.05, 0) is 32.0 Å². The standard InChI is InChI=1S/C13H10FNO3/c1-6(16)11-7(2)17-18-13-12(11)9-5-8(14)3-4-10(9)15-13/h3-5,15H,1-2H3. The van der Waals surface area contributed by atoms with Crippen molar-refractivity contribution >= 4 is 22.3 Å². The molecule has 5 heteroatoms. The highest BCUT2D eigenvalue weighted by atomic mass is 19.1.